The second kappa shape index (κ2) is 7.09. The molecule has 2 aromatic rings. The second-order valence-electron chi connectivity index (χ2n) is 4.54. The van der Waals surface area contributed by atoms with Crippen LogP contribution in [0.15, 0.2) is 41.5 Å². The molecular weight excluding hydrogens is 318 g/mol. The molecule has 1 amide bonds. The van der Waals surface area contributed by atoms with Crippen molar-refractivity contribution < 1.29 is 24.7 Å². The van der Waals surface area contributed by atoms with E-state index in [-0.39, 0.29) is 22.6 Å². The van der Waals surface area contributed by atoms with Crippen LogP contribution < -0.4 is 15.3 Å². The van der Waals surface area contributed by atoms with Gasteiger partial charge in [0.15, 0.2) is 0 Å². The Kier molecular flexibility index (Phi) is 4.95. The van der Waals surface area contributed by atoms with E-state index in [0.717, 1.165) is 12.3 Å². The number of amides is 1. The Morgan fingerprint density at radius 1 is 1.38 bits per heavy atom. The molecule has 24 heavy (non-hydrogen) atoms. The second-order valence-corrected chi connectivity index (χ2v) is 4.54. The number of hydrogen-bond acceptors (Lipinski definition) is 7. The number of nitrogens with zero attached hydrogens (tertiary/aromatic N) is 2. The first-order valence-corrected chi connectivity index (χ1v) is 6.59. The maximum atomic E-state index is 11.8. The summed E-state index contributed by atoms with van der Waals surface area (Å²) >= 11 is 0. The van der Waals surface area contributed by atoms with E-state index < -0.39 is 22.3 Å². The molecule has 0 saturated heterocycles. The van der Waals surface area contributed by atoms with E-state index >= 15 is 0 Å². The molecule has 0 fully saturated rings. The SMILES string of the molecule is COc1cc(/C=N/NC(=O)c2ccccc2O)cc([N+](=O)[O-])c1[O-]. The lowest BCUT2D eigenvalue weighted by molar-refractivity contribution is -0.398. The Bertz CT molecular complexity index is 819. The summed E-state index contributed by atoms with van der Waals surface area (Å²) in [6.45, 7) is 0. The van der Waals surface area contributed by atoms with Crippen molar-refractivity contribution in [3.8, 4) is 17.2 Å². The van der Waals surface area contributed by atoms with Gasteiger partial charge in [0.25, 0.3) is 11.6 Å². The van der Waals surface area contributed by atoms with Crippen molar-refractivity contribution in [2.75, 3.05) is 7.11 Å². The number of phenols is 1. The molecule has 0 spiro atoms. The van der Waals surface area contributed by atoms with E-state index in [4.69, 9.17) is 4.74 Å². The number of nitrogens with one attached hydrogen (secondary N) is 1. The fraction of sp³-hybridized carbons (Fsp3) is 0.0667. The minimum Gasteiger partial charge on any atom is -0.865 e. The lowest BCUT2D eigenvalue weighted by Crippen LogP contribution is -2.17. The predicted molar refractivity (Wildman–Crippen MR) is 82.3 cm³/mol. The van der Waals surface area contributed by atoms with Gasteiger partial charge in [-0.2, -0.15) is 5.10 Å². The van der Waals surface area contributed by atoms with Crippen molar-refractivity contribution in [2.24, 2.45) is 5.10 Å². The Labute approximate surface area is 136 Å². The number of rotatable bonds is 5. The lowest BCUT2D eigenvalue weighted by Gasteiger charge is -2.12. The van der Waals surface area contributed by atoms with Crippen LogP contribution in [0.3, 0.4) is 0 Å². The van der Waals surface area contributed by atoms with Crippen molar-refractivity contribution in [1.29, 1.82) is 0 Å². The van der Waals surface area contributed by atoms with Gasteiger partial charge in [0.05, 0.1) is 23.8 Å². The number of ether oxygens (including phenoxy) is 1. The Morgan fingerprint density at radius 3 is 2.71 bits per heavy atom. The van der Waals surface area contributed by atoms with Gasteiger partial charge in [0.2, 0.25) is 0 Å². The van der Waals surface area contributed by atoms with Gasteiger partial charge in [-0.15, -0.1) is 0 Å². The van der Waals surface area contributed by atoms with Crippen molar-refractivity contribution in [3.63, 3.8) is 0 Å². The molecule has 0 atom stereocenters. The van der Waals surface area contributed by atoms with Crippen LogP contribution in [0.1, 0.15) is 15.9 Å². The van der Waals surface area contributed by atoms with Crippen molar-refractivity contribution >= 4 is 17.8 Å². The third-order valence-corrected chi connectivity index (χ3v) is 3.00. The molecule has 2 aromatic carbocycles. The summed E-state index contributed by atoms with van der Waals surface area (Å²) in [4.78, 5) is 21.9. The van der Waals surface area contributed by atoms with E-state index in [1.165, 1.54) is 25.3 Å². The number of para-hydroxylation sites is 1. The van der Waals surface area contributed by atoms with Crippen LogP contribution in [0, 0.1) is 10.1 Å². The summed E-state index contributed by atoms with van der Waals surface area (Å²) in [7, 11) is 1.21. The summed E-state index contributed by atoms with van der Waals surface area (Å²) < 4.78 is 4.79. The first kappa shape index (κ1) is 16.7. The van der Waals surface area contributed by atoms with Crippen LogP contribution in [0.4, 0.5) is 5.69 Å². The molecule has 0 saturated carbocycles. The third-order valence-electron chi connectivity index (χ3n) is 3.00. The number of phenolic OH excluding ortho intramolecular Hbond substituents is 1. The standard InChI is InChI=1S/C15H13N3O6/c1-24-13-7-9(6-11(14(13)20)18(22)23)8-16-17-15(21)10-4-2-3-5-12(10)19/h2-8,19-20H,1H3,(H,17,21)/p-1/b16-8+. The highest BCUT2D eigenvalue weighted by Gasteiger charge is 2.13. The molecule has 0 radical (unpaired) electrons. The van der Waals surface area contributed by atoms with Crippen molar-refractivity contribution in [2.45, 2.75) is 0 Å². The van der Waals surface area contributed by atoms with Gasteiger partial charge in [-0.3, -0.25) is 14.9 Å². The van der Waals surface area contributed by atoms with Gasteiger partial charge in [-0.25, -0.2) is 5.43 Å². The molecule has 2 rings (SSSR count). The summed E-state index contributed by atoms with van der Waals surface area (Å²) in [5.41, 5.74) is 1.72. The van der Waals surface area contributed by atoms with Gasteiger partial charge >= 0.3 is 0 Å². The minimum absolute atomic E-state index is 0.0214. The normalized spacial score (nSPS) is 10.5. The quantitative estimate of drug-likeness (QED) is 0.479. The highest BCUT2D eigenvalue weighted by molar-refractivity contribution is 5.97. The van der Waals surface area contributed by atoms with Crippen LogP contribution in [-0.4, -0.2) is 29.3 Å². The number of nitro benzene ring substituents is 1. The molecule has 0 bridgehead atoms. The van der Waals surface area contributed by atoms with Crippen LogP contribution in [-0.2, 0) is 0 Å². The number of benzene rings is 2. The van der Waals surface area contributed by atoms with E-state index in [9.17, 15) is 25.1 Å². The summed E-state index contributed by atoms with van der Waals surface area (Å²) in [5.74, 6) is -1.93. The molecular formula is C15H12N3O6-. The zero-order chi connectivity index (χ0) is 17.7. The molecule has 0 aliphatic heterocycles. The van der Waals surface area contributed by atoms with Crippen LogP contribution in [0.2, 0.25) is 0 Å². The molecule has 0 heterocycles. The number of nitro groups is 1. The Balaban J connectivity index is 2.20. The van der Waals surface area contributed by atoms with E-state index in [1.54, 1.807) is 12.1 Å². The molecule has 0 aliphatic rings. The Morgan fingerprint density at radius 2 is 2.08 bits per heavy atom. The summed E-state index contributed by atoms with van der Waals surface area (Å²) in [6.07, 6.45) is 1.12. The number of methoxy groups -OCH3 is 1. The smallest absolute Gasteiger partial charge is 0.275 e. The van der Waals surface area contributed by atoms with E-state index in [0.29, 0.717) is 0 Å². The number of hydrazone groups is 1. The topological polar surface area (TPSA) is 137 Å². The van der Waals surface area contributed by atoms with Gasteiger partial charge < -0.3 is 14.9 Å². The summed E-state index contributed by atoms with van der Waals surface area (Å²) in [5, 5.41) is 35.7. The highest BCUT2D eigenvalue weighted by atomic mass is 16.6. The maximum Gasteiger partial charge on any atom is 0.275 e. The zero-order valence-corrected chi connectivity index (χ0v) is 12.4. The van der Waals surface area contributed by atoms with Crippen LogP contribution >= 0.6 is 0 Å². The minimum atomic E-state index is -0.849. The van der Waals surface area contributed by atoms with Gasteiger partial charge in [-0.05, 0) is 18.2 Å². The fourth-order valence-corrected chi connectivity index (χ4v) is 1.86. The largest absolute Gasteiger partial charge is 0.865 e. The maximum absolute atomic E-state index is 11.8. The number of aromatic hydroxyl groups is 1. The number of carbonyl (C=O) groups excluding carboxylic acids is 1. The number of hydrogen-bond donors (Lipinski definition) is 2. The average Bonchev–Trinajstić information content (AvgIpc) is 2.56. The van der Waals surface area contributed by atoms with Crippen molar-refractivity contribution in [3.05, 3.63) is 57.6 Å². The van der Waals surface area contributed by atoms with Gasteiger partial charge in [0, 0.05) is 17.4 Å². The molecule has 9 nitrogen and oxygen atoms in total. The lowest BCUT2D eigenvalue weighted by atomic mass is 10.2. The fourth-order valence-electron chi connectivity index (χ4n) is 1.86. The van der Waals surface area contributed by atoms with E-state index in [1.807, 2.05) is 0 Å². The van der Waals surface area contributed by atoms with Gasteiger partial charge in [-0.1, -0.05) is 12.1 Å². The first-order chi connectivity index (χ1) is 11.4. The molecule has 0 aliphatic carbocycles. The summed E-state index contributed by atoms with van der Waals surface area (Å²) in [6, 6.07) is 8.15. The monoisotopic (exact) mass is 330 g/mol. The predicted octanol–water partition coefficient (Wildman–Crippen LogP) is 1.15. The van der Waals surface area contributed by atoms with E-state index in [2.05, 4.69) is 10.5 Å². The first-order valence-electron chi connectivity index (χ1n) is 6.59. The molecule has 9 heteroatoms. The molecule has 124 valence electrons. The molecule has 2 N–H and O–H groups in total. The highest BCUT2D eigenvalue weighted by Crippen LogP contribution is 2.33. The molecule has 0 unspecified atom stereocenters. The number of carbonyl (C=O) groups is 1. The molecule has 0 aromatic heterocycles. The van der Waals surface area contributed by atoms with Crippen molar-refractivity contribution in [1.82, 2.24) is 5.43 Å². The zero-order valence-electron chi connectivity index (χ0n) is 12.4. The van der Waals surface area contributed by atoms with Crippen LogP contribution in [0.5, 0.6) is 17.2 Å². The van der Waals surface area contributed by atoms with Crippen LogP contribution in [0.25, 0.3) is 0 Å². The average molecular weight is 330 g/mol. The van der Waals surface area contributed by atoms with Gasteiger partial charge in [0.1, 0.15) is 11.5 Å². The Hall–Kier alpha value is -3.62. The third kappa shape index (κ3) is 3.58.